The minimum absolute atomic E-state index is 0.466. The molecular formula is C18H23N3. The van der Waals surface area contributed by atoms with Gasteiger partial charge in [-0.05, 0) is 43.6 Å². The summed E-state index contributed by atoms with van der Waals surface area (Å²) in [5, 5.41) is 8.42. The molecule has 0 radical (unpaired) electrons. The molecule has 1 aromatic heterocycles. The summed E-state index contributed by atoms with van der Waals surface area (Å²) in [7, 11) is 2.07. The molecule has 2 aromatic rings. The summed E-state index contributed by atoms with van der Waals surface area (Å²) in [5.74, 6) is 0.814. The third-order valence-corrected chi connectivity index (χ3v) is 5.01. The highest BCUT2D eigenvalue weighted by Gasteiger charge is 2.35. The maximum Gasteiger partial charge on any atom is 0.0540 e. The van der Waals surface area contributed by atoms with Gasteiger partial charge in [-0.3, -0.25) is 4.68 Å². The Hall–Kier alpha value is -1.61. The van der Waals surface area contributed by atoms with Gasteiger partial charge in [0, 0.05) is 30.4 Å². The lowest BCUT2D eigenvalue weighted by molar-refractivity contribution is 0.372. The number of hydrogen-bond acceptors (Lipinski definition) is 2. The van der Waals surface area contributed by atoms with Gasteiger partial charge in [0.1, 0.15) is 0 Å². The van der Waals surface area contributed by atoms with Gasteiger partial charge in [0.2, 0.25) is 0 Å². The standard InChI is InChI=1S/C18H23N3/c1-21-17-9-5-8-16(15(17)12-19-21)20-18(14-10-11-14)13-6-3-2-4-7-13/h2-4,6-7,12,14,16,18,20H,5,8-11H2,1H3. The van der Waals surface area contributed by atoms with Crippen molar-refractivity contribution >= 4 is 0 Å². The topological polar surface area (TPSA) is 29.9 Å². The number of aryl methyl sites for hydroxylation is 1. The van der Waals surface area contributed by atoms with Gasteiger partial charge in [-0.25, -0.2) is 0 Å². The van der Waals surface area contributed by atoms with Crippen LogP contribution in [0.5, 0.6) is 0 Å². The Bertz CT molecular complexity index is 613. The van der Waals surface area contributed by atoms with Crippen LogP contribution in [0.1, 0.15) is 54.6 Å². The predicted molar refractivity (Wildman–Crippen MR) is 83.9 cm³/mol. The minimum Gasteiger partial charge on any atom is -0.303 e. The summed E-state index contributed by atoms with van der Waals surface area (Å²) in [4.78, 5) is 0. The van der Waals surface area contributed by atoms with Crippen LogP contribution in [0.25, 0.3) is 0 Å². The molecule has 3 heteroatoms. The number of benzene rings is 1. The first-order valence-electron chi connectivity index (χ1n) is 8.14. The second kappa shape index (κ2) is 5.30. The van der Waals surface area contributed by atoms with Gasteiger partial charge in [0.25, 0.3) is 0 Å². The Kier molecular flexibility index (Phi) is 3.30. The van der Waals surface area contributed by atoms with E-state index in [1.165, 1.54) is 48.9 Å². The van der Waals surface area contributed by atoms with Gasteiger partial charge < -0.3 is 5.32 Å². The van der Waals surface area contributed by atoms with Crippen molar-refractivity contribution in [3.63, 3.8) is 0 Å². The lowest BCUT2D eigenvalue weighted by Gasteiger charge is -2.29. The molecule has 0 bridgehead atoms. The molecule has 3 nitrogen and oxygen atoms in total. The van der Waals surface area contributed by atoms with Crippen LogP contribution in [0.3, 0.4) is 0 Å². The van der Waals surface area contributed by atoms with E-state index in [0.29, 0.717) is 12.1 Å². The Labute approximate surface area is 126 Å². The molecule has 1 saturated carbocycles. The van der Waals surface area contributed by atoms with E-state index in [-0.39, 0.29) is 0 Å². The second-order valence-electron chi connectivity index (χ2n) is 6.51. The van der Waals surface area contributed by atoms with Gasteiger partial charge in [0.05, 0.1) is 6.20 Å². The molecule has 0 aliphatic heterocycles. The van der Waals surface area contributed by atoms with E-state index in [2.05, 4.69) is 58.7 Å². The van der Waals surface area contributed by atoms with E-state index in [1.54, 1.807) is 0 Å². The van der Waals surface area contributed by atoms with Crippen LogP contribution in [0.4, 0.5) is 0 Å². The van der Waals surface area contributed by atoms with E-state index in [1.807, 2.05) is 0 Å². The molecule has 2 aliphatic carbocycles. The summed E-state index contributed by atoms with van der Waals surface area (Å²) in [5.41, 5.74) is 4.28. The molecule has 2 aliphatic rings. The number of fused-ring (bicyclic) bond motifs is 1. The fourth-order valence-corrected chi connectivity index (χ4v) is 3.69. The summed E-state index contributed by atoms with van der Waals surface area (Å²) >= 11 is 0. The molecule has 2 atom stereocenters. The molecule has 1 fully saturated rings. The van der Waals surface area contributed by atoms with Crippen molar-refractivity contribution < 1.29 is 0 Å². The number of rotatable bonds is 4. The Morgan fingerprint density at radius 1 is 1.19 bits per heavy atom. The zero-order valence-corrected chi connectivity index (χ0v) is 12.6. The highest BCUT2D eigenvalue weighted by molar-refractivity contribution is 5.27. The zero-order valence-electron chi connectivity index (χ0n) is 12.6. The van der Waals surface area contributed by atoms with Crippen LogP contribution in [0, 0.1) is 5.92 Å². The molecule has 1 N–H and O–H groups in total. The van der Waals surface area contributed by atoms with Crippen LogP contribution < -0.4 is 5.32 Å². The summed E-state index contributed by atoms with van der Waals surface area (Å²) in [6.07, 6.45) is 8.45. The summed E-state index contributed by atoms with van der Waals surface area (Å²) in [6, 6.07) is 11.9. The summed E-state index contributed by atoms with van der Waals surface area (Å²) in [6.45, 7) is 0. The van der Waals surface area contributed by atoms with E-state index in [0.717, 1.165) is 5.92 Å². The quantitative estimate of drug-likeness (QED) is 0.929. The van der Waals surface area contributed by atoms with Crippen LogP contribution >= 0.6 is 0 Å². The normalized spacial score (nSPS) is 22.8. The maximum absolute atomic E-state index is 4.47. The summed E-state index contributed by atoms with van der Waals surface area (Å²) < 4.78 is 2.05. The molecule has 2 unspecified atom stereocenters. The van der Waals surface area contributed by atoms with Gasteiger partial charge in [0.15, 0.2) is 0 Å². The SMILES string of the molecule is Cn1ncc2c1CCCC2NC(c1ccccc1)C1CC1. The van der Waals surface area contributed by atoms with Crippen LogP contribution in [-0.2, 0) is 13.5 Å². The van der Waals surface area contributed by atoms with Crippen LogP contribution in [0.2, 0.25) is 0 Å². The van der Waals surface area contributed by atoms with Crippen molar-refractivity contribution in [1.82, 2.24) is 15.1 Å². The van der Waals surface area contributed by atoms with Crippen LogP contribution in [0.15, 0.2) is 36.5 Å². The average molecular weight is 281 g/mol. The molecule has 1 aromatic carbocycles. The van der Waals surface area contributed by atoms with Crippen LogP contribution in [-0.4, -0.2) is 9.78 Å². The zero-order chi connectivity index (χ0) is 14.2. The van der Waals surface area contributed by atoms with E-state index < -0.39 is 0 Å². The molecular weight excluding hydrogens is 258 g/mol. The minimum atomic E-state index is 0.466. The van der Waals surface area contributed by atoms with Crippen molar-refractivity contribution in [2.75, 3.05) is 0 Å². The number of aromatic nitrogens is 2. The van der Waals surface area contributed by atoms with Gasteiger partial charge in [-0.1, -0.05) is 30.3 Å². The van der Waals surface area contributed by atoms with Crippen molar-refractivity contribution in [2.24, 2.45) is 13.0 Å². The first kappa shape index (κ1) is 13.1. The molecule has 110 valence electrons. The first-order chi connectivity index (χ1) is 10.3. The molecule has 21 heavy (non-hydrogen) atoms. The fraction of sp³-hybridized carbons (Fsp3) is 0.500. The highest BCUT2D eigenvalue weighted by atomic mass is 15.3. The average Bonchev–Trinajstić information content (AvgIpc) is 3.30. The van der Waals surface area contributed by atoms with E-state index in [4.69, 9.17) is 0 Å². The van der Waals surface area contributed by atoms with E-state index >= 15 is 0 Å². The smallest absolute Gasteiger partial charge is 0.0540 e. The number of nitrogens with zero attached hydrogens (tertiary/aromatic N) is 2. The van der Waals surface area contributed by atoms with Crippen molar-refractivity contribution in [3.8, 4) is 0 Å². The monoisotopic (exact) mass is 281 g/mol. The first-order valence-corrected chi connectivity index (χ1v) is 8.14. The van der Waals surface area contributed by atoms with Crippen molar-refractivity contribution in [3.05, 3.63) is 53.3 Å². The molecule has 4 rings (SSSR count). The Balaban J connectivity index is 1.59. The van der Waals surface area contributed by atoms with Crippen molar-refractivity contribution in [1.29, 1.82) is 0 Å². The number of hydrogen-bond donors (Lipinski definition) is 1. The largest absolute Gasteiger partial charge is 0.303 e. The molecule has 0 spiro atoms. The second-order valence-corrected chi connectivity index (χ2v) is 6.51. The maximum atomic E-state index is 4.47. The third-order valence-electron chi connectivity index (χ3n) is 5.01. The molecule has 0 saturated heterocycles. The third kappa shape index (κ3) is 2.51. The van der Waals surface area contributed by atoms with Gasteiger partial charge >= 0.3 is 0 Å². The Morgan fingerprint density at radius 3 is 2.76 bits per heavy atom. The predicted octanol–water partition coefficient (Wildman–Crippen LogP) is 3.54. The highest BCUT2D eigenvalue weighted by Crippen LogP contribution is 2.43. The molecule has 1 heterocycles. The molecule has 0 amide bonds. The van der Waals surface area contributed by atoms with Gasteiger partial charge in [-0.2, -0.15) is 5.10 Å². The lowest BCUT2D eigenvalue weighted by Crippen LogP contribution is -2.30. The fourth-order valence-electron chi connectivity index (χ4n) is 3.69. The lowest BCUT2D eigenvalue weighted by atomic mass is 9.91. The van der Waals surface area contributed by atoms with Gasteiger partial charge in [-0.15, -0.1) is 0 Å². The number of nitrogens with one attached hydrogen (secondary N) is 1. The van der Waals surface area contributed by atoms with E-state index in [9.17, 15) is 0 Å². The van der Waals surface area contributed by atoms with Crippen molar-refractivity contribution in [2.45, 2.75) is 44.2 Å². The Morgan fingerprint density at radius 2 is 2.00 bits per heavy atom.